The Morgan fingerprint density at radius 3 is 2.42 bits per heavy atom. The van der Waals surface area contributed by atoms with Crippen LogP contribution in [0.5, 0.6) is 11.5 Å². The molecule has 2 N–H and O–H groups in total. The lowest BCUT2D eigenvalue weighted by Gasteiger charge is -2.14. The Kier molecular flexibility index (Phi) is 5.41. The standard InChI is InChI=1S/C20H22N2O4/c1-3-14-4-7-16(8-5-14)13(2)22-20(24)19(23)21-11-15-6-9-17-18(10-15)26-12-25-17/h4-10,13H,3,11-12H2,1-2H3,(H,21,23)(H,22,24). The largest absolute Gasteiger partial charge is 0.454 e. The number of rotatable bonds is 5. The lowest BCUT2D eigenvalue weighted by molar-refractivity contribution is -0.139. The highest BCUT2D eigenvalue weighted by Gasteiger charge is 2.18. The monoisotopic (exact) mass is 354 g/mol. The smallest absolute Gasteiger partial charge is 0.309 e. The first-order valence-corrected chi connectivity index (χ1v) is 8.63. The van der Waals surface area contributed by atoms with Gasteiger partial charge in [-0.3, -0.25) is 9.59 Å². The Labute approximate surface area is 152 Å². The van der Waals surface area contributed by atoms with E-state index in [1.54, 1.807) is 12.1 Å². The molecule has 136 valence electrons. The Balaban J connectivity index is 1.51. The normalized spacial score (nSPS) is 13.2. The van der Waals surface area contributed by atoms with Crippen molar-refractivity contribution in [1.29, 1.82) is 0 Å². The number of carbonyl (C=O) groups is 2. The zero-order valence-electron chi connectivity index (χ0n) is 14.9. The Hall–Kier alpha value is -3.02. The van der Waals surface area contributed by atoms with E-state index in [-0.39, 0.29) is 19.4 Å². The number of hydrogen-bond donors (Lipinski definition) is 2. The number of fused-ring (bicyclic) bond motifs is 1. The first-order chi connectivity index (χ1) is 12.6. The van der Waals surface area contributed by atoms with Crippen LogP contribution < -0.4 is 20.1 Å². The van der Waals surface area contributed by atoms with Gasteiger partial charge in [-0.25, -0.2) is 0 Å². The molecule has 0 radical (unpaired) electrons. The second-order valence-electron chi connectivity index (χ2n) is 6.16. The quantitative estimate of drug-likeness (QED) is 0.809. The third-order valence-electron chi connectivity index (χ3n) is 4.33. The predicted octanol–water partition coefficient (Wildman–Crippen LogP) is 2.47. The molecule has 2 amide bonds. The van der Waals surface area contributed by atoms with Crippen molar-refractivity contribution >= 4 is 11.8 Å². The van der Waals surface area contributed by atoms with Gasteiger partial charge >= 0.3 is 11.8 Å². The molecule has 2 aromatic carbocycles. The highest BCUT2D eigenvalue weighted by Crippen LogP contribution is 2.32. The van der Waals surface area contributed by atoms with E-state index < -0.39 is 11.8 Å². The van der Waals surface area contributed by atoms with Crippen LogP contribution in [0.2, 0.25) is 0 Å². The summed E-state index contributed by atoms with van der Waals surface area (Å²) >= 11 is 0. The molecule has 6 heteroatoms. The molecular weight excluding hydrogens is 332 g/mol. The number of nitrogens with one attached hydrogen (secondary N) is 2. The summed E-state index contributed by atoms with van der Waals surface area (Å²) in [6.07, 6.45) is 0.962. The number of benzene rings is 2. The maximum Gasteiger partial charge on any atom is 0.309 e. The predicted molar refractivity (Wildman–Crippen MR) is 96.8 cm³/mol. The first kappa shape index (κ1) is 17.8. The van der Waals surface area contributed by atoms with Crippen LogP contribution in [0, 0.1) is 0 Å². The van der Waals surface area contributed by atoms with E-state index >= 15 is 0 Å². The highest BCUT2D eigenvalue weighted by atomic mass is 16.7. The molecule has 2 aromatic rings. The molecule has 0 bridgehead atoms. The summed E-state index contributed by atoms with van der Waals surface area (Å²) in [7, 11) is 0. The fourth-order valence-corrected chi connectivity index (χ4v) is 2.70. The van der Waals surface area contributed by atoms with Gasteiger partial charge in [-0.15, -0.1) is 0 Å². The lowest BCUT2D eigenvalue weighted by Crippen LogP contribution is -2.40. The Morgan fingerprint density at radius 1 is 1.00 bits per heavy atom. The molecule has 6 nitrogen and oxygen atoms in total. The van der Waals surface area contributed by atoms with Crippen molar-refractivity contribution in [3.8, 4) is 11.5 Å². The summed E-state index contributed by atoms with van der Waals surface area (Å²) in [5, 5.41) is 5.33. The molecular formula is C20H22N2O4. The summed E-state index contributed by atoms with van der Waals surface area (Å²) in [5.41, 5.74) is 3.02. The molecule has 0 saturated carbocycles. The van der Waals surface area contributed by atoms with E-state index in [1.807, 2.05) is 37.3 Å². The van der Waals surface area contributed by atoms with Gasteiger partial charge in [0.2, 0.25) is 6.79 Å². The van der Waals surface area contributed by atoms with Crippen molar-refractivity contribution in [2.75, 3.05) is 6.79 Å². The van der Waals surface area contributed by atoms with Gasteiger partial charge in [-0.05, 0) is 42.2 Å². The van der Waals surface area contributed by atoms with Crippen molar-refractivity contribution in [1.82, 2.24) is 10.6 Å². The van der Waals surface area contributed by atoms with Crippen LogP contribution in [0.15, 0.2) is 42.5 Å². The fraction of sp³-hybridized carbons (Fsp3) is 0.300. The molecule has 0 aliphatic carbocycles. The maximum atomic E-state index is 12.1. The molecule has 1 aliphatic heterocycles. The number of carbonyl (C=O) groups excluding carboxylic acids is 2. The van der Waals surface area contributed by atoms with E-state index in [0.717, 1.165) is 17.5 Å². The van der Waals surface area contributed by atoms with Crippen LogP contribution in [0.1, 0.15) is 36.6 Å². The van der Waals surface area contributed by atoms with E-state index in [1.165, 1.54) is 5.56 Å². The van der Waals surface area contributed by atoms with Crippen molar-refractivity contribution in [2.24, 2.45) is 0 Å². The molecule has 1 unspecified atom stereocenters. The highest BCUT2D eigenvalue weighted by molar-refractivity contribution is 6.35. The van der Waals surface area contributed by atoms with Crippen LogP contribution >= 0.6 is 0 Å². The molecule has 3 rings (SSSR count). The minimum absolute atomic E-state index is 0.199. The zero-order valence-corrected chi connectivity index (χ0v) is 14.9. The van der Waals surface area contributed by atoms with Gasteiger partial charge in [-0.2, -0.15) is 0 Å². The average molecular weight is 354 g/mol. The third kappa shape index (κ3) is 4.14. The van der Waals surface area contributed by atoms with Crippen molar-refractivity contribution in [2.45, 2.75) is 32.9 Å². The lowest BCUT2D eigenvalue weighted by atomic mass is 10.1. The van der Waals surface area contributed by atoms with Gasteiger partial charge in [-0.1, -0.05) is 37.3 Å². The molecule has 0 fully saturated rings. The number of ether oxygens (including phenoxy) is 2. The molecule has 1 atom stereocenters. The summed E-state index contributed by atoms with van der Waals surface area (Å²) in [6, 6.07) is 13.1. The number of aryl methyl sites for hydroxylation is 1. The number of hydrogen-bond acceptors (Lipinski definition) is 4. The van der Waals surface area contributed by atoms with Gasteiger partial charge in [0.25, 0.3) is 0 Å². The molecule has 0 saturated heterocycles. The van der Waals surface area contributed by atoms with Gasteiger partial charge in [0, 0.05) is 6.54 Å². The molecule has 1 aliphatic rings. The Morgan fingerprint density at radius 2 is 1.69 bits per heavy atom. The van der Waals surface area contributed by atoms with Gasteiger partial charge < -0.3 is 20.1 Å². The summed E-state index contributed by atoms with van der Waals surface area (Å²) in [4.78, 5) is 24.1. The minimum Gasteiger partial charge on any atom is -0.454 e. The van der Waals surface area contributed by atoms with E-state index in [9.17, 15) is 9.59 Å². The minimum atomic E-state index is -0.667. The second-order valence-corrected chi connectivity index (χ2v) is 6.16. The average Bonchev–Trinajstić information content (AvgIpc) is 3.13. The van der Waals surface area contributed by atoms with Crippen molar-refractivity contribution in [3.05, 3.63) is 59.2 Å². The molecule has 0 aromatic heterocycles. The molecule has 1 heterocycles. The van der Waals surface area contributed by atoms with E-state index in [2.05, 4.69) is 17.6 Å². The third-order valence-corrected chi connectivity index (χ3v) is 4.33. The van der Waals surface area contributed by atoms with Gasteiger partial charge in [0.15, 0.2) is 11.5 Å². The van der Waals surface area contributed by atoms with Crippen LogP contribution in [0.3, 0.4) is 0 Å². The second kappa shape index (κ2) is 7.91. The van der Waals surface area contributed by atoms with Crippen LogP contribution in [0.4, 0.5) is 0 Å². The van der Waals surface area contributed by atoms with E-state index in [0.29, 0.717) is 11.5 Å². The number of amides is 2. The summed E-state index contributed by atoms with van der Waals surface area (Å²) < 4.78 is 10.5. The maximum absolute atomic E-state index is 12.1. The van der Waals surface area contributed by atoms with Gasteiger partial charge in [0.1, 0.15) is 0 Å². The molecule has 26 heavy (non-hydrogen) atoms. The zero-order chi connectivity index (χ0) is 18.5. The fourth-order valence-electron chi connectivity index (χ4n) is 2.70. The van der Waals surface area contributed by atoms with Crippen LogP contribution in [-0.2, 0) is 22.6 Å². The van der Waals surface area contributed by atoms with Crippen LogP contribution in [0.25, 0.3) is 0 Å². The first-order valence-electron chi connectivity index (χ1n) is 8.63. The van der Waals surface area contributed by atoms with Gasteiger partial charge in [0.05, 0.1) is 6.04 Å². The van der Waals surface area contributed by atoms with Crippen molar-refractivity contribution in [3.63, 3.8) is 0 Å². The molecule has 0 spiro atoms. The van der Waals surface area contributed by atoms with E-state index in [4.69, 9.17) is 9.47 Å². The SMILES string of the molecule is CCc1ccc(C(C)NC(=O)C(=O)NCc2ccc3c(c2)OCO3)cc1. The summed E-state index contributed by atoms with van der Waals surface area (Å²) in [5.74, 6) is 0.00333. The van der Waals surface area contributed by atoms with Crippen LogP contribution in [-0.4, -0.2) is 18.6 Å². The van der Waals surface area contributed by atoms with Crippen molar-refractivity contribution < 1.29 is 19.1 Å². The summed E-state index contributed by atoms with van der Waals surface area (Å²) in [6.45, 7) is 4.38. The topological polar surface area (TPSA) is 76.7 Å². The Bertz CT molecular complexity index is 802.